The van der Waals surface area contributed by atoms with Gasteiger partial charge < -0.3 is 5.32 Å². The van der Waals surface area contributed by atoms with E-state index >= 15 is 0 Å². The molecule has 2 aliphatic rings. The Morgan fingerprint density at radius 2 is 2.07 bits per heavy atom. The van der Waals surface area contributed by atoms with Crippen LogP contribution in [-0.4, -0.2) is 18.0 Å². The first-order valence-electron chi connectivity index (χ1n) is 5.63. The van der Waals surface area contributed by atoms with Gasteiger partial charge >= 0.3 is 0 Å². The Morgan fingerprint density at radius 3 is 2.71 bits per heavy atom. The molecular formula is C11H19F2N. The topological polar surface area (TPSA) is 12.0 Å². The molecule has 3 unspecified atom stereocenters. The van der Waals surface area contributed by atoms with Crippen molar-refractivity contribution in [2.45, 2.75) is 57.5 Å². The quantitative estimate of drug-likeness (QED) is 0.727. The lowest BCUT2D eigenvalue weighted by molar-refractivity contribution is -0.102. The van der Waals surface area contributed by atoms with E-state index in [1.807, 2.05) is 13.8 Å². The Hall–Kier alpha value is -0.180. The van der Waals surface area contributed by atoms with Gasteiger partial charge in [0.2, 0.25) is 0 Å². The van der Waals surface area contributed by atoms with Crippen molar-refractivity contribution >= 4 is 0 Å². The summed E-state index contributed by atoms with van der Waals surface area (Å²) < 4.78 is 27.5. The summed E-state index contributed by atoms with van der Waals surface area (Å²) in [5, 5.41) is 3.32. The summed E-state index contributed by atoms with van der Waals surface area (Å²) in [5.41, 5.74) is 0. The van der Waals surface area contributed by atoms with Crippen molar-refractivity contribution in [2.24, 2.45) is 11.8 Å². The lowest BCUT2D eigenvalue weighted by atomic mass is 9.82. The third-order valence-electron chi connectivity index (χ3n) is 3.55. The van der Waals surface area contributed by atoms with Crippen molar-refractivity contribution in [3.05, 3.63) is 0 Å². The minimum absolute atomic E-state index is 0.0564. The van der Waals surface area contributed by atoms with Gasteiger partial charge in [-0.3, -0.25) is 0 Å². The highest BCUT2D eigenvalue weighted by Gasteiger charge is 2.52. The van der Waals surface area contributed by atoms with E-state index in [-0.39, 0.29) is 18.5 Å². The van der Waals surface area contributed by atoms with Crippen LogP contribution in [0.5, 0.6) is 0 Å². The second-order valence-electron chi connectivity index (χ2n) is 5.25. The molecule has 2 heterocycles. The zero-order valence-corrected chi connectivity index (χ0v) is 8.89. The molecule has 1 nitrogen and oxygen atoms in total. The van der Waals surface area contributed by atoms with Gasteiger partial charge in [0.1, 0.15) is 0 Å². The summed E-state index contributed by atoms with van der Waals surface area (Å²) in [7, 11) is 0. The molecule has 0 spiro atoms. The molecule has 2 bridgehead atoms. The molecule has 0 amide bonds. The van der Waals surface area contributed by atoms with Crippen LogP contribution in [-0.2, 0) is 0 Å². The van der Waals surface area contributed by atoms with E-state index in [9.17, 15) is 8.78 Å². The molecule has 1 N–H and O–H groups in total. The number of hydrogen-bond acceptors (Lipinski definition) is 1. The molecular weight excluding hydrogens is 184 g/mol. The number of nitrogens with one attached hydrogen (secondary N) is 1. The van der Waals surface area contributed by atoms with Crippen LogP contribution in [0.3, 0.4) is 0 Å². The number of halogens is 2. The smallest absolute Gasteiger partial charge is 0.253 e. The maximum Gasteiger partial charge on any atom is 0.253 e. The summed E-state index contributed by atoms with van der Waals surface area (Å²) in [6.45, 7) is 4.05. The fourth-order valence-corrected chi connectivity index (χ4v) is 2.95. The van der Waals surface area contributed by atoms with Crippen molar-refractivity contribution in [2.75, 3.05) is 0 Å². The molecule has 0 radical (unpaired) electrons. The van der Waals surface area contributed by atoms with Gasteiger partial charge in [0.25, 0.3) is 5.92 Å². The van der Waals surface area contributed by atoms with Gasteiger partial charge in [-0.25, -0.2) is 8.78 Å². The van der Waals surface area contributed by atoms with Crippen molar-refractivity contribution in [1.82, 2.24) is 5.32 Å². The van der Waals surface area contributed by atoms with Crippen molar-refractivity contribution in [1.29, 1.82) is 0 Å². The number of alkyl halides is 2. The van der Waals surface area contributed by atoms with Gasteiger partial charge in [-0.1, -0.05) is 13.8 Å². The predicted octanol–water partition coefficient (Wildman–Crippen LogP) is 2.81. The molecule has 0 aromatic rings. The summed E-state index contributed by atoms with van der Waals surface area (Å²) in [5.74, 6) is -2.49. The average molecular weight is 203 g/mol. The van der Waals surface area contributed by atoms with Gasteiger partial charge in [-0.2, -0.15) is 0 Å². The molecule has 3 atom stereocenters. The Balaban J connectivity index is 2.10. The summed E-state index contributed by atoms with van der Waals surface area (Å²) >= 11 is 0. The van der Waals surface area contributed by atoms with Gasteiger partial charge in [-0.05, 0) is 25.2 Å². The minimum atomic E-state index is -2.43. The molecule has 2 saturated heterocycles. The largest absolute Gasteiger partial charge is 0.311 e. The second-order valence-corrected chi connectivity index (χ2v) is 5.25. The van der Waals surface area contributed by atoms with Crippen LogP contribution in [0.15, 0.2) is 0 Å². The number of rotatable bonds is 2. The average Bonchev–Trinajstić information content (AvgIpc) is 2.42. The molecule has 2 aliphatic heterocycles. The molecule has 0 saturated carbocycles. The normalized spacial score (nSPS) is 40.5. The highest BCUT2D eigenvalue weighted by Crippen LogP contribution is 2.44. The van der Waals surface area contributed by atoms with E-state index in [1.165, 1.54) is 0 Å². The van der Waals surface area contributed by atoms with Crippen LogP contribution in [0.4, 0.5) is 8.78 Å². The maximum absolute atomic E-state index is 13.7. The maximum atomic E-state index is 13.7. The van der Waals surface area contributed by atoms with Gasteiger partial charge in [0, 0.05) is 24.4 Å². The van der Waals surface area contributed by atoms with Crippen LogP contribution in [0, 0.1) is 11.8 Å². The van der Waals surface area contributed by atoms with Crippen LogP contribution in [0.25, 0.3) is 0 Å². The standard InChI is InChI=1S/C11H19F2N/c1-7(2)5-9-10-4-3-8(14-10)6-11(9,12)13/h7-10,14H,3-6H2,1-2H3. The van der Waals surface area contributed by atoms with E-state index < -0.39 is 11.8 Å². The fraction of sp³-hybridized carbons (Fsp3) is 1.00. The zero-order valence-electron chi connectivity index (χ0n) is 8.89. The van der Waals surface area contributed by atoms with Gasteiger partial charge in [0.15, 0.2) is 0 Å². The molecule has 14 heavy (non-hydrogen) atoms. The summed E-state index contributed by atoms with van der Waals surface area (Å²) in [6, 6.07) is 0.157. The van der Waals surface area contributed by atoms with E-state index in [4.69, 9.17) is 0 Å². The van der Waals surface area contributed by atoms with Crippen molar-refractivity contribution in [3.63, 3.8) is 0 Å². The minimum Gasteiger partial charge on any atom is -0.311 e. The van der Waals surface area contributed by atoms with E-state index in [2.05, 4.69) is 5.32 Å². The Bertz CT molecular complexity index is 215. The predicted molar refractivity (Wildman–Crippen MR) is 52.5 cm³/mol. The Labute approximate surface area is 84.3 Å². The number of piperidine rings is 1. The fourth-order valence-electron chi connectivity index (χ4n) is 2.95. The molecule has 0 aromatic carbocycles. The lowest BCUT2D eigenvalue weighted by Crippen LogP contribution is -2.52. The third-order valence-corrected chi connectivity index (χ3v) is 3.55. The second kappa shape index (κ2) is 3.44. The van der Waals surface area contributed by atoms with Crippen molar-refractivity contribution in [3.8, 4) is 0 Å². The highest BCUT2D eigenvalue weighted by molar-refractivity contribution is 5.01. The Kier molecular flexibility index (Phi) is 2.54. The first-order valence-corrected chi connectivity index (χ1v) is 5.63. The zero-order chi connectivity index (χ0) is 10.3. The number of hydrogen-bond donors (Lipinski definition) is 1. The van der Waals surface area contributed by atoms with E-state index in [0.29, 0.717) is 12.3 Å². The molecule has 0 aliphatic carbocycles. The summed E-state index contributed by atoms with van der Waals surface area (Å²) in [4.78, 5) is 0. The van der Waals surface area contributed by atoms with Gasteiger partial charge in [-0.15, -0.1) is 0 Å². The van der Waals surface area contributed by atoms with Gasteiger partial charge in [0.05, 0.1) is 0 Å². The third kappa shape index (κ3) is 1.79. The van der Waals surface area contributed by atoms with Crippen LogP contribution in [0.2, 0.25) is 0 Å². The number of fused-ring (bicyclic) bond motifs is 2. The summed E-state index contributed by atoms with van der Waals surface area (Å²) in [6.07, 6.45) is 2.59. The first kappa shape index (κ1) is 10.3. The van der Waals surface area contributed by atoms with Crippen LogP contribution >= 0.6 is 0 Å². The van der Waals surface area contributed by atoms with Crippen LogP contribution < -0.4 is 5.32 Å². The Morgan fingerprint density at radius 1 is 1.36 bits per heavy atom. The molecule has 82 valence electrons. The molecule has 2 rings (SSSR count). The first-order chi connectivity index (χ1) is 6.49. The SMILES string of the molecule is CC(C)CC1C2CCC(CC1(F)F)N2. The van der Waals surface area contributed by atoms with Crippen LogP contribution in [0.1, 0.15) is 39.5 Å². The molecule has 2 fully saturated rings. The monoisotopic (exact) mass is 203 g/mol. The van der Waals surface area contributed by atoms with Crippen molar-refractivity contribution < 1.29 is 8.78 Å². The van der Waals surface area contributed by atoms with E-state index in [0.717, 1.165) is 12.8 Å². The highest BCUT2D eigenvalue weighted by atomic mass is 19.3. The molecule has 3 heteroatoms. The lowest BCUT2D eigenvalue weighted by Gasteiger charge is -2.38. The van der Waals surface area contributed by atoms with E-state index in [1.54, 1.807) is 0 Å². The molecule has 0 aromatic heterocycles.